The van der Waals surface area contributed by atoms with Gasteiger partial charge in [0.05, 0.1) is 22.8 Å². The van der Waals surface area contributed by atoms with E-state index in [4.69, 9.17) is 0 Å². The molecule has 18 heavy (non-hydrogen) atoms. The number of aromatic amines is 1. The number of nitrogens with zero attached hydrogens (tertiary/aromatic N) is 2. The van der Waals surface area contributed by atoms with Gasteiger partial charge in [-0.1, -0.05) is 5.92 Å². The van der Waals surface area contributed by atoms with Gasteiger partial charge in [-0.25, -0.2) is 9.37 Å². The van der Waals surface area contributed by atoms with Crippen LogP contribution in [0.25, 0.3) is 11.0 Å². The zero-order valence-electron chi connectivity index (χ0n) is 9.31. The van der Waals surface area contributed by atoms with Crippen molar-refractivity contribution >= 4 is 11.0 Å². The third-order valence-corrected chi connectivity index (χ3v) is 2.50. The Morgan fingerprint density at radius 1 is 1.06 bits per heavy atom. The predicted octanol–water partition coefficient (Wildman–Crippen LogP) is 2.50. The van der Waals surface area contributed by atoms with Crippen molar-refractivity contribution in [3.63, 3.8) is 0 Å². The highest BCUT2D eigenvalue weighted by molar-refractivity contribution is 5.81. The van der Waals surface area contributed by atoms with Crippen molar-refractivity contribution in [1.29, 1.82) is 0 Å². The van der Waals surface area contributed by atoms with Crippen LogP contribution in [-0.4, -0.2) is 15.0 Å². The standard InChI is InChI=1S/C14H8FN3/c15-11-2-4-12(18-9-11)3-1-10-5-7-16-13-6-8-17-14(10)13/h2,4-9,17H. The smallest absolute Gasteiger partial charge is 0.141 e. The second-order valence-corrected chi connectivity index (χ2v) is 3.71. The van der Waals surface area contributed by atoms with Gasteiger partial charge in [-0.3, -0.25) is 4.98 Å². The zero-order chi connectivity index (χ0) is 12.4. The molecule has 0 aliphatic heterocycles. The Balaban J connectivity index is 2.02. The van der Waals surface area contributed by atoms with Crippen molar-refractivity contribution < 1.29 is 4.39 Å². The molecule has 0 saturated heterocycles. The minimum absolute atomic E-state index is 0.365. The molecule has 86 valence electrons. The van der Waals surface area contributed by atoms with Gasteiger partial charge < -0.3 is 4.98 Å². The minimum atomic E-state index is -0.365. The summed E-state index contributed by atoms with van der Waals surface area (Å²) >= 11 is 0. The lowest BCUT2D eigenvalue weighted by Crippen LogP contribution is -1.84. The first-order chi connectivity index (χ1) is 8.83. The molecule has 0 spiro atoms. The molecule has 0 unspecified atom stereocenters. The van der Waals surface area contributed by atoms with Gasteiger partial charge in [0.2, 0.25) is 0 Å². The number of pyridine rings is 2. The molecule has 4 heteroatoms. The molecule has 0 radical (unpaired) electrons. The van der Waals surface area contributed by atoms with Gasteiger partial charge in [0.1, 0.15) is 11.5 Å². The molecule has 3 heterocycles. The Kier molecular flexibility index (Phi) is 2.50. The van der Waals surface area contributed by atoms with Crippen molar-refractivity contribution in [2.75, 3.05) is 0 Å². The molecule has 0 aromatic carbocycles. The number of hydrogen-bond donors (Lipinski definition) is 1. The second-order valence-electron chi connectivity index (χ2n) is 3.71. The number of halogens is 1. The quantitative estimate of drug-likeness (QED) is 0.610. The molecule has 0 amide bonds. The zero-order valence-corrected chi connectivity index (χ0v) is 9.31. The molecular weight excluding hydrogens is 229 g/mol. The van der Waals surface area contributed by atoms with E-state index < -0.39 is 0 Å². The van der Waals surface area contributed by atoms with E-state index in [-0.39, 0.29) is 5.82 Å². The minimum Gasteiger partial charge on any atom is -0.359 e. The summed E-state index contributed by atoms with van der Waals surface area (Å²) in [6, 6.07) is 6.61. The highest BCUT2D eigenvalue weighted by atomic mass is 19.1. The first-order valence-electron chi connectivity index (χ1n) is 5.38. The predicted molar refractivity (Wildman–Crippen MR) is 66.3 cm³/mol. The van der Waals surface area contributed by atoms with Crippen LogP contribution in [0.4, 0.5) is 4.39 Å². The van der Waals surface area contributed by atoms with Gasteiger partial charge in [-0.05, 0) is 30.2 Å². The second kappa shape index (κ2) is 4.30. The number of H-pyrrole nitrogens is 1. The normalized spacial score (nSPS) is 10.1. The van der Waals surface area contributed by atoms with Crippen LogP contribution >= 0.6 is 0 Å². The summed E-state index contributed by atoms with van der Waals surface area (Å²) in [5, 5.41) is 0. The molecule has 3 aromatic heterocycles. The summed E-state index contributed by atoms with van der Waals surface area (Å²) in [6.07, 6.45) is 4.68. The Morgan fingerprint density at radius 2 is 2.00 bits per heavy atom. The van der Waals surface area contributed by atoms with E-state index in [0.717, 1.165) is 22.8 Å². The van der Waals surface area contributed by atoms with Gasteiger partial charge in [-0.15, -0.1) is 0 Å². The topological polar surface area (TPSA) is 41.6 Å². The summed E-state index contributed by atoms with van der Waals surface area (Å²) in [5.41, 5.74) is 3.14. The summed E-state index contributed by atoms with van der Waals surface area (Å²) < 4.78 is 12.7. The van der Waals surface area contributed by atoms with E-state index >= 15 is 0 Å². The number of fused-ring (bicyclic) bond motifs is 1. The van der Waals surface area contributed by atoms with Crippen LogP contribution < -0.4 is 0 Å². The van der Waals surface area contributed by atoms with E-state index in [1.54, 1.807) is 12.3 Å². The first-order valence-corrected chi connectivity index (χ1v) is 5.38. The monoisotopic (exact) mass is 237 g/mol. The Morgan fingerprint density at radius 3 is 2.83 bits per heavy atom. The molecule has 0 atom stereocenters. The van der Waals surface area contributed by atoms with Gasteiger partial charge in [0.15, 0.2) is 0 Å². The summed E-state index contributed by atoms with van der Waals surface area (Å²) in [4.78, 5) is 11.2. The van der Waals surface area contributed by atoms with Crippen LogP contribution in [0.15, 0.2) is 42.9 Å². The lowest BCUT2D eigenvalue weighted by molar-refractivity contribution is 0.621. The van der Waals surface area contributed by atoms with Gasteiger partial charge >= 0.3 is 0 Å². The summed E-state index contributed by atoms with van der Waals surface area (Å²) in [5.74, 6) is 5.53. The van der Waals surface area contributed by atoms with Crippen molar-refractivity contribution in [1.82, 2.24) is 15.0 Å². The van der Waals surface area contributed by atoms with Gasteiger partial charge in [0, 0.05) is 12.4 Å². The number of rotatable bonds is 0. The lowest BCUT2D eigenvalue weighted by atomic mass is 10.2. The van der Waals surface area contributed by atoms with Crippen LogP contribution in [0, 0.1) is 17.7 Å². The number of nitrogens with one attached hydrogen (secondary N) is 1. The maximum Gasteiger partial charge on any atom is 0.141 e. The average Bonchev–Trinajstić information content (AvgIpc) is 2.87. The average molecular weight is 237 g/mol. The molecular formula is C14H8FN3. The molecule has 0 bridgehead atoms. The maximum absolute atomic E-state index is 12.7. The lowest BCUT2D eigenvalue weighted by Gasteiger charge is -1.93. The molecule has 0 fully saturated rings. The fraction of sp³-hybridized carbons (Fsp3) is 0. The third-order valence-electron chi connectivity index (χ3n) is 2.50. The van der Waals surface area contributed by atoms with E-state index in [9.17, 15) is 4.39 Å². The Bertz CT molecular complexity index is 748. The molecule has 0 aliphatic rings. The Labute approximate surface area is 103 Å². The molecule has 3 rings (SSSR count). The third kappa shape index (κ3) is 1.94. The van der Waals surface area contributed by atoms with Crippen molar-refractivity contribution in [3.05, 3.63) is 59.9 Å². The van der Waals surface area contributed by atoms with Crippen molar-refractivity contribution in [3.8, 4) is 11.8 Å². The van der Waals surface area contributed by atoms with Crippen LogP contribution in [0.2, 0.25) is 0 Å². The van der Waals surface area contributed by atoms with Gasteiger partial charge in [0.25, 0.3) is 0 Å². The summed E-state index contributed by atoms with van der Waals surface area (Å²) in [7, 11) is 0. The summed E-state index contributed by atoms with van der Waals surface area (Å²) in [6.45, 7) is 0. The highest BCUT2D eigenvalue weighted by Crippen LogP contribution is 2.13. The van der Waals surface area contributed by atoms with Crippen LogP contribution in [-0.2, 0) is 0 Å². The number of aromatic nitrogens is 3. The molecule has 1 N–H and O–H groups in total. The fourth-order valence-corrected chi connectivity index (χ4v) is 1.65. The number of hydrogen-bond acceptors (Lipinski definition) is 2. The van der Waals surface area contributed by atoms with Gasteiger partial charge in [-0.2, -0.15) is 0 Å². The van der Waals surface area contributed by atoms with E-state index in [1.807, 2.05) is 18.3 Å². The van der Waals surface area contributed by atoms with E-state index in [2.05, 4.69) is 26.8 Å². The SMILES string of the molecule is Fc1ccc(C#Cc2ccnc3cc[nH]c23)nc1. The molecule has 0 aliphatic carbocycles. The van der Waals surface area contributed by atoms with Crippen molar-refractivity contribution in [2.24, 2.45) is 0 Å². The van der Waals surface area contributed by atoms with Crippen LogP contribution in [0.1, 0.15) is 11.3 Å². The maximum atomic E-state index is 12.7. The molecule has 3 nitrogen and oxygen atoms in total. The van der Waals surface area contributed by atoms with Crippen molar-refractivity contribution in [2.45, 2.75) is 0 Å². The molecule has 3 aromatic rings. The molecule has 0 saturated carbocycles. The first kappa shape index (κ1) is 10.5. The largest absolute Gasteiger partial charge is 0.359 e. The van der Waals surface area contributed by atoms with E-state index in [0.29, 0.717) is 5.69 Å². The van der Waals surface area contributed by atoms with Crippen LogP contribution in [0.3, 0.4) is 0 Å². The van der Waals surface area contributed by atoms with Crippen LogP contribution in [0.5, 0.6) is 0 Å². The Hall–Kier alpha value is -2.67. The highest BCUT2D eigenvalue weighted by Gasteiger charge is 1.99. The fourth-order valence-electron chi connectivity index (χ4n) is 1.65. The van der Waals surface area contributed by atoms with E-state index in [1.165, 1.54) is 6.07 Å².